The van der Waals surface area contributed by atoms with Crippen LogP contribution in [0, 0.1) is 11.8 Å². The third-order valence-electron chi connectivity index (χ3n) is 1.71. The Bertz CT molecular complexity index is 408. The summed E-state index contributed by atoms with van der Waals surface area (Å²) in [6, 6.07) is 7.53. The minimum Gasteiger partial charge on any atom is -0.265 e. The average Bonchev–Trinajstić information content (AvgIpc) is 2.29. The van der Waals surface area contributed by atoms with E-state index in [1.807, 2.05) is 24.3 Å². The van der Waals surface area contributed by atoms with Crippen molar-refractivity contribution in [2.75, 3.05) is 0 Å². The van der Waals surface area contributed by atoms with Gasteiger partial charge in [0.15, 0.2) is 0 Å². The van der Waals surface area contributed by atoms with Crippen LogP contribution in [0.1, 0.15) is 11.1 Å². The molecule has 2 heteroatoms. The van der Waals surface area contributed by atoms with Crippen LogP contribution in [0.3, 0.4) is 0 Å². The minimum absolute atomic E-state index is 0.969. The first-order valence-corrected chi connectivity index (χ1v) is 4.27. The van der Waals surface area contributed by atoms with Crippen molar-refractivity contribution in [2.45, 2.75) is 0 Å². The van der Waals surface area contributed by atoms with Gasteiger partial charge >= 0.3 is 0 Å². The SMILES string of the molecule is c1cc([13C]#[13C]c2ccncc2)ccn1. The number of pyridine rings is 2. The van der Waals surface area contributed by atoms with Gasteiger partial charge in [0.1, 0.15) is 0 Å². The Morgan fingerprint density at radius 3 is 1.36 bits per heavy atom. The van der Waals surface area contributed by atoms with Gasteiger partial charge in [-0.1, -0.05) is 11.8 Å². The molecule has 0 saturated heterocycles. The standard InChI is InChI=1S/C12H8N2/c1(11-3-7-13-8-4-11)2-12-5-9-14-10-6-12/h3-10H/i1+1,2+1. The summed E-state index contributed by atoms with van der Waals surface area (Å²) in [5, 5.41) is 0. The maximum Gasteiger partial charge on any atom is 0.0280 e. The molecule has 0 bridgehead atoms. The molecule has 66 valence electrons. The molecule has 2 heterocycles. The summed E-state index contributed by atoms with van der Waals surface area (Å²) in [5.41, 5.74) is 1.94. The quantitative estimate of drug-likeness (QED) is 0.459. The Kier molecular flexibility index (Phi) is 2.54. The van der Waals surface area contributed by atoms with Gasteiger partial charge in [-0.2, -0.15) is 0 Å². The van der Waals surface area contributed by atoms with Crippen LogP contribution in [0.15, 0.2) is 49.1 Å². The summed E-state index contributed by atoms with van der Waals surface area (Å²) in [7, 11) is 0. The van der Waals surface area contributed by atoms with Gasteiger partial charge in [0, 0.05) is 35.9 Å². The van der Waals surface area contributed by atoms with E-state index in [0.29, 0.717) is 0 Å². The van der Waals surface area contributed by atoms with E-state index in [2.05, 4.69) is 21.8 Å². The van der Waals surface area contributed by atoms with Crippen molar-refractivity contribution >= 4 is 0 Å². The van der Waals surface area contributed by atoms with E-state index in [1.54, 1.807) is 24.8 Å². The monoisotopic (exact) mass is 182 g/mol. The summed E-state index contributed by atoms with van der Waals surface area (Å²) in [5.74, 6) is 6.09. The molecule has 0 aliphatic carbocycles. The molecule has 0 saturated carbocycles. The Morgan fingerprint density at radius 2 is 1.00 bits per heavy atom. The van der Waals surface area contributed by atoms with Crippen LogP contribution < -0.4 is 0 Å². The van der Waals surface area contributed by atoms with E-state index in [4.69, 9.17) is 0 Å². The summed E-state index contributed by atoms with van der Waals surface area (Å²) >= 11 is 0. The van der Waals surface area contributed by atoms with E-state index >= 15 is 0 Å². The lowest BCUT2D eigenvalue weighted by atomic mass is 10.4. The number of hydrogen-bond acceptors (Lipinski definition) is 2. The van der Waals surface area contributed by atoms with Crippen LogP contribution in [-0.2, 0) is 0 Å². The molecule has 14 heavy (non-hydrogen) atoms. The second-order valence-electron chi connectivity index (χ2n) is 2.72. The first-order chi connectivity index (χ1) is 6.95. The normalized spacial score (nSPS) is 8.86. The number of rotatable bonds is 0. The first-order valence-electron chi connectivity index (χ1n) is 4.27. The number of nitrogens with zero attached hydrogens (tertiary/aromatic N) is 2. The summed E-state index contributed by atoms with van der Waals surface area (Å²) in [4.78, 5) is 7.85. The highest BCUT2D eigenvalue weighted by Gasteiger charge is 1.84. The van der Waals surface area contributed by atoms with Crippen LogP contribution in [0.4, 0.5) is 0 Å². The van der Waals surface area contributed by atoms with Crippen molar-refractivity contribution in [3.8, 4) is 11.8 Å². The predicted octanol–water partition coefficient (Wildman–Crippen LogP) is 1.88. The van der Waals surface area contributed by atoms with Gasteiger partial charge in [-0.25, -0.2) is 0 Å². The van der Waals surface area contributed by atoms with Gasteiger partial charge in [-0.05, 0) is 24.3 Å². The lowest BCUT2D eigenvalue weighted by Gasteiger charge is -1.87. The van der Waals surface area contributed by atoms with Crippen LogP contribution in [0.5, 0.6) is 0 Å². The molecule has 0 aliphatic rings. The van der Waals surface area contributed by atoms with E-state index in [9.17, 15) is 0 Å². The molecule has 0 unspecified atom stereocenters. The highest BCUT2D eigenvalue weighted by Crippen LogP contribution is 1.96. The molecule has 2 aromatic heterocycles. The number of aromatic nitrogens is 2. The zero-order chi connectivity index (χ0) is 9.64. The Hall–Kier alpha value is -2.14. The van der Waals surface area contributed by atoms with Gasteiger partial charge in [-0.15, -0.1) is 0 Å². The molecule has 2 rings (SSSR count). The molecular weight excluding hydrogens is 174 g/mol. The van der Waals surface area contributed by atoms with Crippen molar-refractivity contribution in [2.24, 2.45) is 0 Å². The zero-order valence-electron chi connectivity index (χ0n) is 7.51. The fraction of sp³-hybridized carbons (Fsp3) is 0. The van der Waals surface area contributed by atoms with Gasteiger partial charge in [0.05, 0.1) is 0 Å². The van der Waals surface area contributed by atoms with Gasteiger partial charge in [-0.3, -0.25) is 9.97 Å². The Labute approximate surface area is 82.7 Å². The largest absolute Gasteiger partial charge is 0.265 e. The predicted molar refractivity (Wildman–Crippen MR) is 54.5 cm³/mol. The summed E-state index contributed by atoms with van der Waals surface area (Å²) in [6.45, 7) is 0. The summed E-state index contributed by atoms with van der Waals surface area (Å²) < 4.78 is 0. The van der Waals surface area contributed by atoms with Crippen molar-refractivity contribution in [1.29, 1.82) is 0 Å². The fourth-order valence-electron chi connectivity index (χ4n) is 1.01. The zero-order valence-corrected chi connectivity index (χ0v) is 7.51. The number of hydrogen-bond donors (Lipinski definition) is 0. The van der Waals surface area contributed by atoms with Crippen molar-refractivity contribution in [1.82, 2.24) is 9.97 Å². The smallest absolute Gasteiger partial charge is 0.0280 e. The third kappa shape index (κ3) is 2.18. The third-order valence-corrected chi connectivity index (χ3v) is 1.71. The van der Waals surface area contributed by atoms with Crippen molar-refractivity contribution < 1.29 is 0 Å². The molecule has 2 aromatic rings. The van der Waals surface area contributed by atoms with Gasteiger partial charge in [0.25, 0.3) is 0 Å². The van der Waals surface area contributed by atoms with E-state index in [0.717, 1.165) is 11.1 Å². The Morgan fingerprint density at radius 1 is 0.643 bits per heavy atom. The highest BCUT2D eigenvalue weighted by atomic mass is 14.6. The van der Waals surface area contributed by atoms with Crippen LogP contribution in [0.2, 0.25) is 0 Å². The maximum absolute atomic E-state index is 3.92. The van der Waals surface area contributed by atoms with Gasteiger partial charge < -0.3 is 0 Å². The molecular formula is C12H8N2. The minimum atomic E-state index is 0.969. The highest BCUT2D eigenvalue weighted by molar-refractivity contribution is 5.40. The molecule has 0 atom stereocenters. The van der Waals surface area contributed by atoms with Crippen LogP contribution in [0.25, 0.3) is 0 Å². The molecule has 2 nitrogen and oxygen atoms in total. The second kappa shape index (κ2) is 4.20. The molecule has 0 spiro atoms. The van der Waals surface area contributed by atoms with Crippen molar-refractivity contribution in [3.05, 3.63) is 60.2 Å². The molecule has 0 aliphatic heterocycles. The molecule has 0 N–H and O–H groups in total. The van der Waals surface area contributed by atoms with E-state index < -0.39 is 0 Å². The lowest BCUT2D eigenvalue weighted by molar-refractivity contribution is 1.32. The molecule has 0 aromatic carbocycles. The van der Waals surface area contributed by atoms with Crippen molar-refractivity contribution in [3.63, 3.8) is 0 Å². The second-order valence-corrected chi connectivity index (χ2v) is 2.72. The lowest BCUT2D eigenvalue weighted by Crippen LogP contribution is -1.76. The van der Waals surface area contributed by atoms with Crippen LogP contribution in [-0.4, -0.2) is 9.97 Å². The first kappa shape index (κ1) is 8.46. The molecule has 0 radical (unpaired) electrons. The van der Waals surface area contributed by atoms with Gasteiger partial charge in [0.2, 0.25) is 0 Å². The molecule has 0 fully saturated rings. The van der Waals surface area contributed by atoms with Crippen LogP contribution >= 0.6 is 0 Å². The topological polar surface area (TPSA) is 25.8 Å². The average molecular weight is 182 g/mol. The van der Waals surface area contributed by atoms with E-state index in [1.165, 1.54) is 0 Å². The Balaban J connectivity index is 2.24. The summed E-state index contributed by atoms with van der Waals surface area (Å²) in [6.07, 6.45) is 6.93. The van der Waals surface area contributed by atoms with E-state index in [-0.39, 0.29) is 0 Å². The maximum atomic E-state index is 3.92. The fourth-order valence-corrected chi connectivity index (χ4v) is 1.01. The molecule has 0 amide bonds.